The van der Waals surface area contributed by atoms with E-state index in [9.17, 15) is 14.7 Å². The van der Waals surface area contributed by atoms with Gasteiger partial charge in [-0.15, -0.1) is 0 Å². The first-order chi connectivity index (χ1) is 19.4. The van der Waals surface area contributed by atoms with Crippen molar-refractivity contribution in [2.24, 2.45) is 0 Å². The van der Waals surface area contributed by atoms with E-state index in [-0.39, 0.29) is 23.8 Å². The molecule has 1 aromatic carbocycles. The minimum absolute atomic E-state index is 0.0667. The summed E-state index contributed by atoms with van der Waals surface area (Å²) in [7, 11) is 0. The largest absolute Gasteiger partial charge is 0.435 e. The number of fused-ring (bicyclic) bond motifs is 1. The monoisotopic (exact) mass is 560 g/mol. The van der Waals surface area contributed by atoms with E-state index in [1.54, 1.807) is 26.7 Å². The van der Waals surface area contributed by atoms with Gasteiger partial charge in [0.2, 0.25) is 5.76 Å². The lowest BCUT2D eigenvalue weighted by Crippen LogP contribution is -2.49. The molecule has 1 aliphatic heterocycles. The topological polar surface area (TPSA) is 137 Å². The minimum Gasteiger partial charge on any atom is -0.435 e. The summed E-state index contributed by atoms with van der Waals surface area (Å²) in [5.74, 6) is 0.961. The number of hydrogen-bond acceptors (Lipinski definition) is 8. The Balaban J connectivity index is 1.05. The van der Waals surface area contributed by atoms with Crippen molar-refractivity contribution in [2.45, 2.75) is 43.7 Å². The third kappa shape index (κ3) is 4.48. The van der Waals surface area contributed by atoms with Crippen molar-refractivity contribution >= 4 is 28.5 Å². The van der Waals surface area contributed by atoms with Crippen molar-refractivity contribution in [3.63, 3.8) is 0 Å². The molecule has 1 saturated carbocycles. The lowest BCUT2D eigenvalue weighted by atomic mass is 9.91. The minimum atomic E-state index is -1.15. The molecular formula is C27H25ClN8O4. The molecular weight excluding hydrogens is 536 g/mol. The zero-order chi connectivity index (χ0) is 27.4. The smallest absolute Gasteiger partial charge is 0.291 e. The van der Waals surface area contributed by atoms with E-state index < -0.39 is 5.60 Å². The molecule has 1 N–H and O–H groups in total. The van der Waals surface area contributed by atoms with E-state index in [1.807, 2.05) is 24.3 Å². The molecule has 5 heterocycles. The van der Waals surface area contributed by atoms with Gasteiger partial charge in [-0.2, -0.15) is 10.2 Å². The Bertz CT molecular complexity index is 1770. The van der Waals surface area contributed by atoms with Crippen LogP contribution in [0.25, 0.3) is 22.4 Å². The summed E-state index contributed by atoms with van der Waals surface area (Å²) in [6, 6.07) is 7.45. The van der Waals surface area contributed by atoms with Crippen LogP contribution in [0, 0.1) is 0 Å². The maximum atomic E-state index is 13.3. The van der Waals surface area contributed by atoms with Gasteiger partial charge >= 0.3 is 0 Å². The fourth-order valence-electron chi connectivity index (χ4n) is 5.10. The van der Waals surface area contributed by atoms with Crippen LogP contribution in [0.2, 0.25) is 5.02 Å². The number of rotatable bonds is 6. The molecule has 7 rings (SSSR count). The van der Waals surface area contributed by atoms with Gasteiger partial charge in [-0.3, -0.25) is 14.2 Å². The van der Waals surface area contributed by atoms with Crippen LogP contribution in [0.4, 0.5) is 0 Å². The molecule has 204 valence electrons. The van der Waals surface area contributed by atoms with Gasteiger partial charge < -0.3 is 14.4 Å². The SMILES string of the molecule is O=C(c1cnc(C2CC2)o1)N1CCC(O)(Cn2cnc3c(cnn3-c3ccc(-n4cc(Cl)cn4)cc3)c2=O)CC1. The molecule has 0 radical (unpaired) electrons. The summed E-state index contributed by atoms with van der Waals surface area (Å²) in [4.78, 5) is 36.5. The number of aliphatic hydroxyl groups is 1. The van der Waals surface area contributed by atoms with Gasteiger partial charge in [0.15, 0.2) is 11.5 Å². The Kier molecular flexibility index (Phi) is 5.82. The molecule has 5 aromatic rings. The second-order valence-corrected chi connectivity index (χ2v) is 10.9. The average Bonchev–Trinajstić information content (AvgIpc) is 3.33. The average molecular weight is 561 g/mol. The highest BCUT2D eigenvalue weighted by Crippen LogP contribution is 2.39. The molecule has 1 saturated heterocycles. The van der Waals surface area contributed by atoms with Gasteiger partial charge in [-0.25, -0.2) is 19.3 Å². The number of aromatic nitrogens is 7. The number of hydrogen-bond donors (Lipinski definition) is 1. The van der Waals surface area contributed by atoms with E-state index >= 15 is 0 Å². The molecule has 12 nitrogen and oxygen atoms in total. The predicted molar refractivity (Wildman–Crippen MR) is 144 cm³/mol. The molecule has 1 amide bonds. The van der Waals surface area contributed by atoms with Gasteiger partial charge in [0, 0.05) is 25.2 Å². The number of amides is 1. The molecule has 13 heteroatoms. The van der Waals surface area contributed by atoms with Crippen LogP contribution >= 0.6 is 11.6 Å². The normalized spacial score (nSPS) is 17.0. The highest BCUT2D eigenvalue weighted by Gasteiger charge is 2.36. The standard InChI is InChI=1S/C27H25ClN8O4/c28-18-11-31-35(14-18)19-3-5-20(6-4-19)36-23-21(12-32-36)25(37)34(16-30-23)15-27(39)7-9-33(10-8-27)26(38)22-13-29-24(40-22)17-1-2-17/h3-6,11-14,16-17,39H,1-2,7-10,15H2. The molecule has 0 spiro atoms. The van der Waals surface area contributed by atoms with E-state index in [4.69, 9.17) is 16.0 Å². The first-order valence-electron chi connectivity index (χ1n) is 13.1. The van der Waals surface area contributed by atoms with Crippen LogP contribution in [0.5, 0.6) is 0 Å². The van der Waals surface area contributed by atoms with Gasteiger partial charge in [0.1, 0.15) is 11.7 Å². The summed E-state index contributed by atoms with van der Waals surface area (Å²) in [6.45, 7) is 0.757. The fourth-order valence-corrected chi connectivity index (χ4v) is 5.24. The van der Waals surface area contributed by atoms with Crippen LogP contribution in [0.15, 0.2) is 64.6 Å². The molecule has 2 fully saturated rings. The number of carbonyl (C=O) groups excluding carboxylic acids is 1. The Morgan fingerprint density at radius 1 is 1.05 bits per heavy atom. The van der Waals surface area contributed by atoms with Crippen molar-refractivity contribution in [1.29, 1.82) is 0 Å². The van der Waals surface area contributed by atoms with Gasteiger partial charge in [0.05, 0.1) is 47.1 Å². The molecule has 1 aliphatic carbocycles. The molecule has 40 heavy (non-hydrogen) atoms. The highest BCUT2D eigenvalue weighted by molar-refractivity contribution is 6.30. The van der Waals surface area contributed by atoms with Crippen LogP contribution < -0.4 is 5.56 Å². The van der Waals surface area contributed by atoms with Crippen molar-refractivity contribution in [3.05, 3.63) is 82.4 Å². The van der Waals surface area contributed by atoms with Crippen molar-refractivity contribution in [1.82, 2.24) is 39.0 Å². The number of halogens is 1. The number of piperidine rings is 1. The number of benzene rings is 1. The van der Waals surface area contributed by atoms with Gasteiger partial charge in [-0.1, -0.05) is 11.6 Å². The zero-order valence-corrected chi connectivity index (χ0v) is 22.1. The van der Waals surface area contributed by atoms with Crippen molar-refractivity contribution in [3.8, 4) is 11.4 Å². The molecule has 0 bridgehead atoms. The molecule has 4 aromatic heterocycles. The quantitative estimate of drug-likeness (QED) is 0.335. The third-order valence-corrected chi connectivity index (χ3v) is 7.77. The van der Waals surface area contributed by atoms with Crippen LogP contribution in [-0.2, 0) is 6.54 Å². The molecule has 0 atom stereocenters. The lowest BCUT2D eigenvalue weighted by Gasteiger charge is -2.38. The summed E-state index contributed by atoms with van der Waals surface area (Å²) in [5, 5.41) is 20.8. The summed E-state index contributed by atoms with van der Waals surface area (Å²) in [5.41, 5.74) is 0.527. The summed E-state index contributed by atoms with van der Waals surface area (Å²) < 4.78 is 10.3. The molecule has 0 unspecified atom stereocenters. The second kappa shape index (κ2) is 9.42. The Hall–Kier alpha value is -4.29. The van der Waals surface area contributed by atoms with Gasteiger partial charge in [-0.05, 0) is 49.9 Å². The van der Waals surface area contributed by atoms with E-state index in [0.29, 0.717) is 53.8 Å². The Morgan fingerprint density at radius 3 is 2.50 bits per heavy atom. The van der Waals surface area contributed by atoms with E-state index in [1.165, 1.54) is 23.3 Å². The summed E-state index contributed by atoms with van der Waals surface area (Å²) in [6.07, 6.45) is 10.4. The zero-order valence-electron chi connectivity index (χ0n) is 21.4. The predicted octanol–water partition coefficient (Wildman–Crippen LogP) is 2.95. The van der Waals surface area contributed by atoms with E-state index in [0.717, 1.165) is 24.2 Å². The number of oxazole rings is 1. The maximum absolute atomic E-state index is 13.3. The van der Waals surface area contributed by atoms with Crippen molar-refractivity contribution in [2.75, 3.05) is 13.1 Å². The Morgan fingerprint density at radius 2 is 1.80 bits per heavy atom. The summed E-state index contributed by atoms with van der Waals surface area (Å²) >= 11 is 5.96. The van der Waals surface area contributed by atoms with Crippen LogP contribution in [0.3, 0.4) is 0 Å². The lowest BCUT2D eigenvalue weighted by molar-refractivity contribution is -0.0304. The van der Waals surface area contributed by atoms with Crippen LogP contribution in [0.1, 0.15) is 48.0 Å². The third-order valence-electron chi connectivity index (χ3n) is 7.57. The number of carbonyl (C=O) groups is 1. The Labute approximate surface area is 232 Å². The number of likely N-dealkylation sites (tertiary alicyclic amines) is 1. The van der Waals surface area contributed by atoms with Gasteiger partial charge in [0.25, 0.3) is 11.5 Å². The molecule has 2 aliphatic rings. The first kappa shape index (κ1) is 24.7. The van der Waals surface area contributed by atoms with Crippen LogP contribution in [-0.4, -0.2) is 68.7 Å². The van der Waals surface area contributed by atoms with E-state index in [2.05, 4.69) is 20.2 Å². The second-order valence-electron chi connectivity index (χ2n) is 10.4. The van der Waals surface area contributed by atoms with Crippen molar-refractivity contribution < 1.29 is 14.3 Å². The maximum Gasteiger partial charge on any atom is 0.291 e. The fraction of sp³-hybridized carbons (Fsp3) is 0.333. The number of nitrogens with zero attached hydrogens (tertiary/aromatic N) is 8. The highest BCUT2D eigenvalue weighted by atomic mass is 35.5. The first-order valence-corrected chi connectivity index (χ1v) is 13.5.